The first-order valence-electron chi connectivity index (χ1n) is 7.11. The van der Waals surface area contributed by atoms with Crippen LogP contribution in [0, 0.1) is 13.8 Å². The van der Waals surface area contributed by atoms with E-state index in [0.717, 1.165) is 22.0 Å². The Bertz CT molecular complexity index is 882. The molecule has 0 aliphatic carbocycles. The maximum atomic E-state index is 12.3. The van der Waals surface area contributed by atoms with Gasteiger partial charge < -0.3 is 9.88 Å². The second kappa shape index (κ2) is 6.18. The van der Waals surface area contributed by atoms with Crippen molar-refractivity contribution in [1.82, 2.24) is 9.55 Å². The van der Waals surface area contributed by atoms with Crippen LogP contribution in [-0.2, 0) is 7.05 Å². The second-order valence-corrected chi connectivity index (χ2v) is 6.64. The molecule has 0 radical (unpaired) electrons. The summed E-state index contributed by atoms with van der Waals surface area (Å²) in [5, 5.41) is 6.04. The number of hydrogen-bond acceptors (Lipinski definition) is 3. The van der Waals surface area contributed by atoms with Crippen LogP contribution in [-0.4, -0.2) is 15.5 Å². The van der Waals surface area contributed by atoms with E-state index in [4.69, 9.17) is 11.6 Å². The smallest absolute Gasteiger partial charge is 0.275 e. The Kier molecular flexibility index (Phi) is 4.24. The quantitative estimate of drug-likeness (QED) is 0.749. The largest absolute Gasteiger partial charge is 0.346 e. The highest BCUT2D eigenvalue weighted by atomic mass is 35.5. The molecule has 3 rings (SSSR count). The molecule has 0 fully saturated rings. The van der Waals surface area contributed by atoms with Gasteiger partial charge in [-0.1, -0.05) is 17.7 Å². The molecule has 1 aromatic carbocycles. The van der Waals surface area contributed by atoms with Crippen LogP contribution in [0.4, 0.5) is 5.69 Å². The number of rotatable bonds is 3. The van der Waals surface area contributed by atoms with Gasteiger partial charge in [0.1, 0.15) is 10.7 Å². The minimum absolute atomic E-state index is 0.238. The third kappa shape index (κ3) is 3.16. The summed E-state index contributed by atoms with van der Waals surface area (Å²) < 4.78 is 2.06. The summed E-state index contributed by atoms with van der Waals surface area (Å²) in [6.45, 7) is 3.95. The number of nitrogens with zero attached hydrogens (tertiary/aromatic N) is 2. The molecular weight excluding hydrogens is 330 g/mol. The van der Waals surface area contributed by atoms with Crippen molar-refractivity contribution in [2.24, 2.45) is 7.05 Å². The van der Waals surface area contributed by atoms with E-state index in [2.05, 4.69) is 14.9 Å². The molecule has 23 heavy (non-hydrogen) atoms. The molecule has 6 heteroatoms. The van der Waals surface area contributed by atoms with Crippen LogP contribution in [0.1, 0.15) is 21.7 Å². The molecule has 1 amide bonds. The number of halogens is 1. The lowest BCUT2D eigenvalue weighted by atomic mass is 10.2. The third-order valence-corrected chi connectivity index (χ3v) is 5.03. The maximum Gasteiger partial charge on any atom is 0.275 e. The normalized spacial score (nSPS) is 10.8. The van der Waals surface area contributed by atoms with Gasteiger partial charge in [0.25, 0.3) is 5.91 Å². The summed E-state index contributed by atoms with van der Waals surface area (Å²) in [5.41, 5.74) is 4.19. The molecule has 118 valence electrons. The van der Waals surface area contributed by atoms with E-state index in [1.807, 2.05) is 45.2 Å². The van der Waals surface area contributed by atoms with Crippen LogP contribution < -0.4 is 5.32 Å². The predicted octanol–water partition coefficient (Wildman–Crippen LogP) is 4.67. The number of benzene rings is 1. The van der Waals surface area contributed by atoms with Gasteiger partial charge >= 0.3 is 0 Å². The van der Waals surface area contributed by atoms with E-state index in [1.165, 1.54) is 11.3 Å². The summed E-state index contributed by atoms with van der Waals surface area (Å²) in [6.07, 6.45) is 0. The van der Waals surface area contributed by atoms with E-state index in [9.17, 15) is 4.79 Å². The first kappa shape index (κ1) is 15.8. The fourth-order valence-corrected chi connectivity index (χ4v) is 3.23. The van der Waals surface area contributed by atoms with Crippen LogP contribution in [0.2, 0.25) is 5.02 Å². The first-order chi connectivity index (χ1) is 11.0. The Balaban J connectivity index is 1.81. The second-order valence-electron chi connectivity index (χ2n) is 5.37. The summed E-state index contributed by atoms with van der Waals surface area (Å²) in [4.78, 5) is 16.8. The summed E-state index contributed by atoms with van der Waals surface area (Å²) in [7, 11) is 1.99. The maximum absolute atomic E-state index is 12.3. The Morgan fingerprint density at radius 3 is 2.70 bits per heavy atom. The van der Waals surface area contributed by atoms with Gasteiger partial charge in [-0.3, -0.25) is 4.79 Å². The number of nitrogens with one attached hydrogen (secondary N) is 1. The Labute approximate surface area is 143 Å². The third-order valence-electron chi connectivity index (χ3n) is 3.76. The lowest BCUT2D eigenvalue weighted by molar-refractivity contribution is 0.102. The molecule has 0 spiro atoms. The molecular formula is C17H16ClN3OS. The highest BCUT2D eigenvalue weighted by Gasteiger charge is 2.14. The molecule has 0 aliphatic rings. The van der Waals surface area contributed by atoms with Crippen molar-refractivity contribution in [3.05, 3.63) is 57.7 Å². The van der Waals surface area contributed by atoms with Gasteiger partial charge in [-0.15, -0.1) is 11.3 Å². The highest BCUT2D eigenvalue weighted by Crippen LogP contribution is 2.26. The first-order valence-corrected chi connectivity index (χ1v) is 8.37. The van der Waals surface area contributed by atoms with Crippen LogP contribution in [0.25, 0.3) is 10.7 Å². The molecule has 0 atom stereocenters. The molecule has 0 unspecified atom stereocenters. The van der Waals surface area contributed by atoms with Gasteiger partial charge in [0.15, 0.2) is 0 Å². The minimum atomic E-state index is -0.238. The number of carbonyl (C=O) groups excluding carboxylic acids is 1. The summed E-state index contributed by atoms with van der Waals surface area (Å²) >= 11 is 7.54. The average molecular weight is 346 g/mol. The molecule has 2 aromatic heterocycles. The molecule has 4 nitrogen and oxygen atoms in total. The van der Waals surface area contributed by atoms with E-state index in [-0.39, 0.29) is 5.91 Å². The van der Waals surface area contributed by atoms with Crippen LogP contribution in [0.5, 0.6) is 0 Å². The fourth-order valence-electron chi connectivity index (χ4n) is 2.19. The Hall–Kier alpha value is -2.11. The molecule has 1 N–H and O–H groups in total. The standard InChI is InChI=1S/C17H16ClN3OS/c1-10-4-6-12(8-13(10)18)19-16(22)14-9-23-17(20-14)15-7-5-11(2)21(15)3/h4-9H,1-3H3,(H,19,22). The molecule has 0 bridgehead atoms. The molecule has 0 saturated carbocycles. The number of hydrogen-bond donors (Lipinski definition) is 1. The van der Waals surface area contributed by atoms with Crippen molar-refractivity contribution in [2.75, 3.05) is 5.32 Å². The fraction of sp³-hybridized carbons (Fsp3) is 0.176. The van der Waals surface area contributed by atoms with Crippen LogP contribution >= 0.6 is 22.9 Å². The number of anilines is 1. The van der Waals surface area contributed by atoms with Gasteiger partial charge in [-0.25, -0.2) is 4.98 Å². The van der Waals surface area contributed by atoms with Crippen molar-refractivity contribution in [2.45, 2.75) is 13.8 Å². The molecule has 3 aromatic rings. The highest BCUT2D eigenvalue weighted by molar-refractivity contribution is 7.13. The van der Waals surface area contributed by atoms with Gasteiger partial charge in [0.2, 0.25) is 0 Å². The summed E-state index contributed by atoms with van der Waals surface area (Å²) in [5.74, 6) is -0.238. The van der Waals surface area contributed by atoms with E-state index < -0.39 is 0 Å². The van der Waals surface area contributed by atoms with Crippen molar-refractivity contribution in [1.29, 1.82) is 0 Å². The van der Waals surface area contributed by atoms with Gasteiger partial charge in [0, 0.05) is 28.8 Å². The lowest BCUT2D eigenvalue weighted by Gasteiger charge is -2.05. The molecule has 2 heterocycles. The zero-order valence-electron chi connectivity index (χ0n) is 13.1. The van der Waals surface area contributed by atoms with Gasteiger partial charge in [-0.05, 0) is 43.7 Å². The van der Waals surface area contributed by atoms with Crippen molar-refractivity contribution in [3.8, 4) is 10.7 Å². The molecule has 0 aliphatic heterocycles. The predicted molar refractivity (Wildman–Crippen MR) is 95.4 cm³/mol. The van der Waals surface area contributed by atoms with Crippen LogP contribution in [0.3, 0.4) is 0 Å². The number of amides is 1. The van der Waals surface area contributed by atoms with E-state index >= 15 is 0 Å². The number of aryl methyl sites for hydroxylation is 2. The Morgan fingerprint density at radius 2 is 2.04 bits per heavy atom. The van der Waals surface area contributed by atoms with E-state index in [0.29, 0.717) is 16.4 Å². The topological polar surface area (TPSA) is 46.9 Å². The SMILES string of the molecule is Cc1ccc(NC(=O)c2csc(-c3ccc(C)n3C)n2)cc1Cl. The van der Waals surface area contributed by atoms with Gasteiger partial charge in [0.05, 0.1) is 5.69 Å². The monoisotopic (exact) mass is 345 g/mol. The zero-order chi connectivity index (χ0) is 16.6. The molecule has 0 saturated heterocycles. The summed E-state index contributed by atoms with van der Waals surface area (Å²) in [6, 6.07) is 9.48. The van der Waals surface area contributed by atoms with Crippen molar-refractivity contribution < 1.29 is 4.79 Å². The minimum Gasteiger partial charge on any atom is -0.346 e. The van der Waals surface area contributed by atoms with Crippen molar-refractivity contribution >= 4 is 34.5 Å². The van der Waals surface area contributed by atoms with E-state index in [1.54, 1.807) is 11.4 Å². The van der Waals surface area contributed by atoms with Crippen molar-refractivity contribution in [3.63, 3.8) is 0 Å². The average Bonchev–Trinajstić information content (AvgIpc) is 3.11. The number of thiazole rings is 1. The number of carbonyl (C=O) groups is 1. The van der Waals surface area contributed by atoms with Gasteiger partial charge in [-0.2, -0.15) is 0 Å². The Morgan fingerprint density at radius 1 is 1.26 bits per heavy atom. The van der Waals surface area contributed by atoms with Crippen LogP contribution in [0.15, 0.2) is 35.7 Å². The number of aromatic nitrogens is 2. The lowest BCUT2D eigenvalue weighted by Crippen LogP contribution is -2.12. The zero-order valence-corrected chi connectivity index (χ0v) is 14.6.